The maximum Gasteiger partial charge on any atom is 0.271 e. The molecule has 210 valence electrons. The van der Waals surface area contributed by atoms with Crippen LogP contribution in [0.3, 0.4) is 0 Å². The molecule has 2 aliphatic rings. The first-order valence-corrected chi connectivity index (χ1v) is 14.7. The number of carbonyl (C=O) groups is 1. The van der Waals surface area contributed by atoms with Crippen LogP contribution in [0.1, 0.15) is 56.1 Å². The van der Waals surface area contributed by atoms with E-state index in [0.29, 0.717) is 51.7 Å². The minimum absolute atomic E-state index is 0.0806. The fraction of sp³-hybridized carbons (Fsp3) is 0.500. The molecule has 2 aromatic carbocycles. The normalized spacial score (nSPS) is 18.5. The van der Waals surface area contributed by atoms with Gasteiger partial charge in [-0.3, -0.25) is 9.69 Å². The minimum Gasteiger partial charge on any atom is -0.379 e. The number of sulfonamides is 1. The first kappa shape index (κ1) is 28.9. The number of hydrogen-bond acceptors (Lipinski definition) is 6. The van der Waals surface area contributed by atoms with Gasteiger partial charge in [-0.05, 0) is 62.6 Å². The van der Waals surface area contributed by atoms with E-state index < -0.39 is 38.5 Å². The lowest BCUT2D eigenvalue weighted by atomic mass is 9.86. The Balaban J connectivity index is 1.51. The molecule has 0 aromatic heterocycles. The van der Waals surface area contributed by atoms with Crippen LogP contribution in [0, 0.1) is 17.1 Å². The predicted molar refractivity (Wildman–Crippen MR) is 141 cm³/mol. The van der Waals surface area contributed by atoms with Gasteiger partial charge in [0.2, 0.25) is 0 Å². The third-order valence-corrected chi connectivity index (χ3v) is 8.76. The van der Waals surface area contributed by atoms with Gasteiger partial charge in [0.05, 0.1) is 16.1 Å². The monoisotopic (exact) mass is 562 g/mol. The molecule has 1 heterocycles. The molecule has 1 saturated carbocycles. The first-order valence-electron chi connectivity index (χ1n) is 13.3. The largest absolute Gasteiger partial charge is 0.379 e. The van der Waals surface area contributed by atoms with Crippen molar-refractivity contribution in [2.24, 2.45) is 0 Å². The molecule has 1 aliphatic heterocycles. The zero-order chi connectivity index (χ0) is 28.0. The molecule has 1 aliphatic carbocycles. The van der Waals surface area contributed by atoms with E-state index in [-0.39, 0.29) is 30.1 Å². The lowest BCUT2D eigenvalue weighted by Gasteiger charge is -2.35. The van der Waals surface area contributed by atoms with E-state index in [0.717, 1.165) is 24.1 Å². The van der Waals surface area contributed by atoms with Crippen LogP contribution in [0.2, 0.25) is 0 Å². The van der Waals surface area contributed by atoms with Gasteiger partial charge in [-0.25, -0.2) is 26.3 Å². The maximum atomic E-state index is 15.3. The third-order valence-electron chi connectivity index (χ3n) is 7.45. The second-order valence-electron chi connectivity index (χ2n) is 10.4. The maximum absolute atomic E-state index is 15.3. The van der Waals surface area contributed by atoms with Gasteiger partial charge in [0, 0.05) is 25.7 Å². The summed E-state index contributed by atoms with van der Waals surface area (Å²) in [6, 6.07) is 12.9. The molecule has 1 saturated heterocycles. The van der Waals surface area contributed by atoms with E-state index in [4.69, 9.17) is 0 Å². The number of benzene rings is 2. The fourth-order valence-corrected chi connectivity index (χ4v) is 6.17. The highest BCUT2D eigenvalue weighted by atomic mass is 32.2. The Hall–Kier alpha value is -3.10. The number of aryl methyl sites for hydroxylation is 1. The summed E-state index contributed by atoms with van der Waals surface area (Å²) in [5.74, 6) is -2.25. The predicted octanol–water partition coefficient (Wildman–Crippen LogP) is 4.63. The Morgan fingerprint density at radius 3 is 2.46 bits per heavy atom. The molecule has 39 heavy (non-hydrogen) atoms. The van der Waals surface area contributed by atoms with Gasteiger partial charge >= 0.3 is 0 Å². The SMILES string of the molecule is N#Cc1cc(S(=O)(=O)NC(=O)C2(F)CCCCC2)cc(F)c1N[C@@H](CCc1ccccc1)CCN1CC(F)C1. The quantitative estimate of drug-likeness (QED) is 0.414. The molecule has 11 heteroatoms. The Bertz CT molecular complexity index is 1310. The number of alkyl halides is 2. The number of hydrogen-bond donors (Lipinski definition) is 2. The molecule has 1 amide bonds. The van der Waals surface area contributed by atoms with Crippen LogP contribution in [0.25, 0.3) is 0 Å². The van der Waals surface area contributed by atoms with Crippen molar-refractivity contribution in [3.8, 4) is 6.07 Å². The number of nitrogens with zero attached hydrogens (tertiary/aromatic N) is 2. The molecule has 2 N–H and O–H groups in total. The van der Waals surface area contributed by atoms with Crippen LogP contribution in [0.5, 0.6) is 0 Å². The highest BCUT2D eigenvalue weighted by molar-refractivity contribution is 7.90. The number of amides is 1. The van der Waals surface area contributed by atoms with Crippen LogP contribution in [-0.4, -0.2) is 56.7 Å². The van der Waals surface area contributed by atoms with Gasteiger partial charge in [0.1, 0.15) is 18.1 Å². The first-order chi connectivity index (χ1) is 18.6. The standard InChI is InChI=1S/C28H33F3N4O3S/c29-22-18-35(19-22)14-11-23(10-9-20-7-3-1-4-8-20)33-26-21(17-32)15-24(16-25(26)30)39(37,38)34-27(36)28(31)12-5-2-6-13-28/h1,3-4,7-8,15-16,22-23,33H,2,5-6,9-14,18-19H2,(H,34,36)/t23-/m0/s1. The summed E-state index contributed by atoms with van der Waals surface area (Å²) < 4.78 is 71.0. The van der Waals surface area contributed by atoms with Crippen LogP contribution in [0.4, 0.5) is 18.9 Å². The lowest BCUT2D eigenvalue weighted by molar-refractivity contribution is -0.133. The van der Waals surface area contributed by atoms with Gasteiger partial charge in [-0.1, -0.05) is 36.8 Å². The summed E-state index contributed by atoms with van der Waals surface area (Å²) in [4.78, 5) is 13.8. The van der Waals surface area contributed by atoms with Crippen molar-refractivity contribution in [2.75, 3.05) is 25.0 Å². The van der Waals surface area contributed by atoms with Gasteiger partial charge < -0.3 is 5.32 Å². The minimum atomic E-state index is -4.62. The van der Waals surface area contributed by atoms with Crippen molar-refractivity contribution < 1.29 is 26.4 Å². The second-order valence-corrected chi connectivity index (χ2v) is 12.1. The van der Waals surface area contributed by atoms with Crippen LogP contribution >= 0.6 is 0 Å². The highest BCUT2D eigenvalue weighted by Gasteiger charge is 2.41. The van der Waals surface area contributed by atoms with E-state index >= 15 is 4.39 Å². The smallest absolute Gasteiger partial charge is 0.271 e. The summed E-state index contributed by atoms with van der Waals surface area (Å²) in [5, 5.41) is 12.8. The molecule has 4 rings (SSSR count). The number of halogens is 3. The zero-order valence-electron chi connectivity index (χ0n) is 21.6. The molecule has 0 bridgehead atoms. The van der Waals surface area contributed by atoms with E-state index in [1.165, 1.54) is 0 Å². The van der Waals surface area contributed by atoms with Crippen LogP contribution < -0.4 is 10.0 Å². The number of carbonyl (C=O) groups excluding carboxylic acids is 1. The van der Waals surface area contributed by atoms with Crippen molar-refractivity contribution >= 4 is 21.6 Å². The molecule has 7 nitrogen and oxygen atoms in total. The summed E-state index contributed by atoms with van der Waals surface area (Å²) in [6.45, 7) is 1.28. The molecule has 2 fully saturated rings. The molecule has 2 aromatic rings. The van der Waals surface area contributed by atoms with Gasteiger partial charge in [0.25, 0.3) is 15.9 Å². The number of nitrogens with one attached hydrogen (secondary N) is 2. The average molecular weight is 563 g/mol. The topological polar surface area (TPSA) is 102 Å². The van der Waals surface area contributed by atoms with Crippen molar-refractivity contribution in [3.05, 3.63) is 59.4 Å². The number of rotatable bonds is 11. The second kappa shape index (κ2) is 12.4. The molecule has 0 unspecified atom stereocenters. The van der Waals surface area contributed by atoms with Crippen molar-refractivity contribution in [2.45, 2.75) is 74.1 Å². The average Bonchev–Trinajstić information content (AvgIpc) is 2.90. The number of anilines is 1. The molecule has 0 radical (unpaired) electrons. The molecule has 1 atom stereocenters. The summed E-state index contributed by atoms with van der Waals surface area (Å²) in [5.41, 5.74) is -1.62. The summed E-state index contributed by atoms with van der Waals surface area (Å²) in [6.07, 6.45) is 2.52. The fourth-order valence-electron chi connectivity index (χ4n) is 5.09. The third kappa shape index (κ3) is 7.31. The zero-order valence-corrected chi connectivity index (χ0v) is 22.5. The van der Waals surface area contributed by atoms with Gasteiger partial charge in [-0.2, -0.15) is 5.26 Å². The van der Waals surface area contributed by atoms with Crippen molar-refractivity contribution in [1.29, 1.82) is 5.26 Å². The Kier molecular flexibility index (Phi) is 9.18. The van der Waals surface area contributed by atoms with E-state index in [2.05, 4.69) is 5.32 Å². The van der Waals surface area contributed by atoms with Gasteiger partial charge in [-0.15, -0.1) is 0 Å². The van der Waals surface area contributed by atoms with E-state index in [9.17, 15) is 27.3 Å². The molecular weight excluding hydrogens is 529 g/mol. The molecule has 0 spiro atoms. The highest BCUT2D eigenvalue weighted by Crippen LogP contribution is 2.33. The molecular formula is C28H33F3N4O3S. The van der Waals surface area contributed by atoms with Crippen LogP contribution in [0.15, 0.2) is 47.4 Å². The lowest BCUT2D eigenvalue weighted by Crippen LogP contribution is -2.49. The Morgan fingerprint density at radius 2 is 1.82 bits per heavy atom. The van der Waals surface area contributed by atoms with E-state index in [1.54, 1.807) is 4.72 Å². The van der Waals surface area contributed by atoms with Crippen molar-refractivity contribution in [3.63, 3.8) is 0 Å². The number of likely N-dealkylation sites (tertiary alicyclic amines) is 1. The van der Waals surface area contributed by atoms with Crippen LogP contribution in [-0.2, 0) is 21.2 Å². The van der Waals surface area contributed by atoms with Crippen molar-refractivity contribution in [1.82, 2.24) is 9.62 Å². The summed E-state index contributed by atoms with van der Waals surface area (Å²) >= 11 is 0. The Labute approximate surface area is 227 Å². The Morgan fingerprint density at radius 1 is 1.13 bits per heavy atom. The number of nitriles is 1. The summed E-state index contributed by atoms with van der Waals surface area (Å²) in [7, 11) is -4.62. The van der Waals surface area contributed by atoms with Gasteiger partial charge in [0.15, 0.2) is 5.67 Å². The van der Waals surface area contributed by atoms with E-state index in [1.807, 2.05) is 41.3 Å².